The van der Waals surface area contributed by atoms with Crippen LogP contribution in [0.4, 0.5) is 0 Å². The van der Waals surface area contributed by atoms with Gasteiger partial charge in [0.1, 0.15) is 5.60 Å². The van der Waals surface area contributed by atoms with Crippen molar-refractivity contribution >= 4 is 23.4 Å². The quantitative estimate of drug-likeness (QED) is 0.213. The molecule has 0 aliphatic heterocycles. The normalized spacial score (nSPS) is 34.4. The van der Waals surface area contributed by atoms with Crippen LogP contribution < -0.4 is 5.32 Å². The molecule has 0 heterocycles. The Kier molecular flexibility index (Phi) is 8.30. The van der Waals surface area contributed by atoms with Crippen molar-refractivity contribution in [1.82, 2.24) is 5.32 Å². The summed E-state index contributed by atoms with van der Waals surface area (Å²) in [6.07, 6.45) is 7.00. The van der Waals surface area contributed by atoms with Crippen molar-refractivity contribution in [3.8, 4) is 11.5 Å². The molecule has 1 aromatic rings. The lowest BCUT2D eigenvalue weighted by atomic mass is 9.46. The van der Waals surface area contributed by atoms with Gasteiger partial charge in [0.15, 0.2) is 23.9 Å². The summed E-state index contributed by atoms with van der Waals surface area (Å²) < 4.78 is 5.19. The van der Waals surface area contributed by atoms with Crippen molar-refractivity contribution < 1.29 is 44.3 Å². The second-order valence-corrected chi connectivity index (χ2v) is 13.1. The molecular formula is C33H41NO9. The molecule has 3 saturated carbocycles. The Morgan fingerprint density at radius 2 is 1.86 bits per heavy atom. The molecule has 1 amide bonds. The Morgan fingerprint density at radius 3 is 2.60 bits per heavy atom. The summed E-state index contributed by atoms with van der Waals surface area (Å²) in [7, 11) is 0. The van der Waals surface area contributed by atoms with Crippen LogP contribution in [0.25, 0.3) is 0 Å². The molecule has 0 aromatic heterocycles. The fourth-order valence-electron chi connectivity index (χ4n) is 8.50. The summed E-state index contributed by atoms with van der Waals surface area (Å²) >= 11 is 0. The maximum absolute atomic E-state index is 13.4. The second kappa shape index (κ2) is 11.5. The van der Waals surface area contributed by atoms with Gasteiger partial charge in [-0.05, 0) is 80.2 Å². The van der Waals surface area contributed by atoms with Crippen LogP contribution in [0, 0.1) is 28.6 Å². The Morgan fingerprint density at radius 1 is 1.09 bits per heavy atom. The Balaban J connectivity index is 1.13. The lowest BCUT2D eigenvalue weighted by Gasteiger charge is -2.59. The summed E-state index contributed by atoms with van der Waals surface area (Å²) in [5.74, 6) is -2.27. The van der Waals surface area contributed by atoms with E-state index in [9.17, 15) is 39.6 Å². The van der Waals surface area contributed by atoms with E-state index in [1.165, 1.54) is 12.1 Å². The highest BCUT2D eigenvalue weighted by atomic mass is 16.5. The number of amides is 1. The van der Waals surface area contributed by atoms with E-state index in [0.29, 0.717) is 12.8 Å². The minimum atomic E-state index is -1.75. The van der Waals surface area contributed by atoms with Crippen molar-refractivity contribution in [3.05, 3.63) is 47.6 Å². The number of phenolic OH excluding ortho intramolecular Hbond substituents is 2. The largest absolute Gasteiger partial charge is 0.504 e. The third-order valence-electron chi connectivity index (χ3n) is 10.8. The van der Waals surface area contributed by atoms with E-state index in [1.54, 1.807) is 18.2 Å². The standard InChI is InChI=1S/C33H41NO9/c1-31-12-9-21(35)16-20(31)4-5-22-23-10-13-33(42,32(23,2)17-26(38)30(22)31)27(39)18-43-29(41)8-7-28(40)34-14-11-19-3-6-24(36)25(37)15-19/h3,6,9,12,15-16,22-23,26,30,36-38,42H,4-5,7-8,10-11,13-14,17-18H2,1-2H3,(H,34,40)/t22-,23+,26+,30+,31+,32+,33-/m1/s1. The molecule has 232 valence electrons. The number of fused-ring (bicyclic) bond motifs is 5. The van der Waals surface area contributed by atoms with Crippen LogP contribution in [-0.2, 0) is 30.3 Å². The van der Waals surface area contributed by atoms with Gasteiger partial charge in [-0.3, -0.25) is 19.2 Å². The second-order valence-electron chi connectivity index (χ2n) is 13.1. The van der Waals surface area contributed by atoms with Gasteiger partial charge in [0.25, 0.3) is 0 Å². The number of aliphatic hydroxyl groups is 2. The molecule has 43 heavy (non-hydrogen) atoms. The van der Waals surface area contributed by atoms with Crippen molar-refractivity contribution in [3.63, 3.8) is 0 Å². The molecule has 4 aliphatic carbocycles. The summed E-state index contributed by atoms with van der Waals surface area (Å²) in [5.41, 5.74) is -1.34. The number of ketones is 2. The van der Waals surface area contributed by atoms with Crippen molar-refractivity contribution in [1.29, 1.82) is 0 Å². The van der Waals surface area contributed by atoms with Gasteiger partial charge in [0, 0.05) is 29.7 Å². The molecular weight excluding hydrogens is 554 g/mol. The number of benzene rings is 1. The molecule has 0 spiro atoms. The van der Waals surface area contributed by atoms with E-state index >= 15 is 0 Å². The number of nitrogens with one attached hydrogen (secondary N) is 1. The van der Waals surface area contributed by atoms with Gasteiger partial charge in [-0.15, -0.1) is 0 Å². The van der Waals surface area contributed by atoms with E-state index in [0.717, 1.165) is 24.0 Å². The van der Waals surface area contributed by atoms with E-state index < -0.39 is 40.9 Å². The molecule has 1 aromatic carbocycles. The minimum Gasteiger partial charge on any atom is -0.504 e. The summed E-state index contributed by atoms with van der Waals surface area (Å²) in [4.78, 5) is 50.0. The monoisotopic (exact) mass is 595 g/mol. The van der Waals surface area contributed by atoms with E-state index in [2.05, 4.69) is 12.2 Å². The Labute approximate surface area is 250 Å². The SMILES string of the molecule is C[C@]12C=CC(=O)C=C1CC[C@H]1[C@H]2[C@@H](O)C[C@@]2(C)[C@H]1CC[C@@]2(O)C(=O)COC(=O)CCC(=O)NCCc1ccc(O)c(O)c1. The molecule has 0 unspecified atom stereocenters. The topological polar surface area (TPSA) is 170 Å². The molecule has 3 fully saturated rings. The van der Waals surface area contributed by atoms with E-state index in [4.69, 9.17) is 4.74 Å². The molecule has 10 heteroatoms. The van der Waals surface area contributed by atoms with Gasteiger partial charge in [-0.25, -0.2) is 0 Å². The van der Waals surface area contributed by atoms with Gasteiger partial charge in [-0.2, -0.15) is 0 Å². The number of Topliss-reactive ketones (excluding diaryl/α,β-unsaturated/α-hetero) is 1. The number of phenols is 2. The van der Waals surface area contributed by atoms with Gasteiger partial charge in [0.2, 0.25) is 11.7 Å². The van der Waals surface area contributed by atoms with Gasteiger partial charge >= 0.3 is 5.97 Å². The number of aromatic hydroxyl groups is 2. The lowest BCUT2D eigenvalue weighted by molar-refractivity contribution is -0.181. The summed E-state index contributed by atoms with van der Waals surface area (Å²) in [6, 6.07) is 4.40. The number of rotatable bonds is 9. The number of esters is 1. The fourth-order valence-corrected chi connectivity index (χ4v) is 8.50. The zero-order valence-corrected chi connectivity index (χ0v) is 24.7. The number of hydrogen-bond donors (Lipinski definition) is 5. The van der Waals surface area contributed by atoms with Crippen LogP contribution in [0.2, 0.25) is 0 Å². The van der Waals surface area contributed by atoms with Crippen LogP contribution in [0.3, 0.4) is 0 Å². The van der Waals surface area contributed by atoms with E-state index in [-0.39, 0.29) is 73.2 Å². The number of hydrogen-bond acceptors (Lipinski definition) is 9. The van der Waals surface area contributed by atoms with Gasteiger partial charge < -0.3 is 30.5 Å². The average molecular weight is 596 g/mol. The molecule has 4 aliphatic rings. The number of ether oxygens (including phenoxy) is 1. The molecule has 5 N–H and O–H groups in total. The maximum atomic E-state index is 13.4. The number of aliphatic hydroxyl groups excluding tert-OH is 1. The van der Waals surface area contributed by atoms with Crippen LogP contribution in [0.1, 0.15) is 64.4 Å². The fraction of sp³-hybridized carbons (Fsp3) is 0.576. The molecule has 5 rings (SSSR count). The first-order valence-electron chi connectivity index (χ1n) is 15.1. The van der Waals surface area contributed by atoms with Crippen LogP contribution in [-0.4, -0.2) is 68.7 Å². The Hall–Kier alpha value is -3.50. The first-order chi connectivity index (χ1) is 20.3. The number of carbonyl (C=O) groups excluding carboxylic acids is 4. The van der Waals surface area contributed by atoms with Gasteiger partial charge in [-0.1, -0.05) is 31.6 Å². The number of allylic oxidation sites excluding steroid dienone is 4. The minimum absolute atomic E-state index is 0.0100. The predicted octanol–water partition coefficient (Wildman–Crippen LogP) is 2.66. The zero-order valence-electron chi connectivity index (χ0n) is 24.7. The van der Waals surface area contributed by atoms with Crippen molar-refractivity contribution in [2.45, 2.75) is 76.9 Å². The summed E-state index contributed by atoms with van der Waals surface area (Å²) in [6.45, 7) is 3.59. The van der Waals surface area contributed by atoms with Crippen LogP contribution in [0.5, 0.6) is 11.5 Å². The average Bonchev–Trinajstić information content (AvgIpc) is 3.23. The molecule has 7 atom stereocenters. The third-order valence-corrected chi connectivity index (χ3v) is 10.8. The highest BCUT2D eigenvalue weighted by molar-refractivity contribution is 6.01. The highest BCUT2D eigenvalue weighted by Crippen LogP contribution is 2.67. The molecule has 0 saturated heterocycles. The lowest BCUT2D eigenvalue weighted by Crippen LogP contribution is -2.61. The van der Waals surface area contributed by atoms with Crippen LogP contribution >= 0.6 is 0 Å². The van der Waals surface area contributed by atoms with Crippen molar-refractivity contribution in [2.24, 2.45) is 28.6 Å². The van der Waals surface area contributed by atoms with Crippen molar-refractivity contribution in [2.75, 3.05) is 13.2 Å². The van der Waals surface area contributed by atoms with E-state index in [1.807, 2.05) is 13.0 Å². The maximum Gasteiger partial charge on any atom is 0.306 e. The zero-order chi connectivity index (χ0) is 31.2. The third kappa shape index (κ3) is 5.51. The smallest absolute Gasteiger partial charge is 0.306 e. The molecule has 0 radical (unpaired) electrons. The predicted molar refractivity (Wildman–Crippen MR) is 155 cm³/mol. The first-order valence-corrected chi connectivity index (χ1v) is 15.1. The first kappa shape index (κ1) is 30.9. The highest BCUT2D eigenvalue weighted by Gasteiger charge is 2.68. The van der Waals surface area contributed by atoms with Crippen LogP contribution in [0.15, 0.2) is 42.0 Å². The molecule has 10 nitrogen and oxygen atoms in total. The Bertz CT molecular complexity index is 1380. The molecule has 0 bridgehead atoms. The number of carbonyl (C=O) groups is 4. The van der Waals surface area contributed by atoms with Gasteiger partial charge in [0.05, 0.1) is 12.5 Å². The summed E-state index contributed by atoms with van der Waals surface area (Å²) in [5, 5.41) is 44.9.